The van der Waals surface area contributed by atoms with Crippen LogP contribution in [0.5, 0.6) is 0 Å². The Kier molecular flexibility index (Phi) is 4.85. The molecule has 0 amide bonds. The lowest BCUT2D eigenvalue weighted by molar-refractivity contribution is -0.385. The number of nitro benzene ring substituents is 1. The molecule has 0 aliphatic rings. The fourth-order valence-electron chi connectivity index (χ4n) is 2.21. The first-order valence-electron chi connectivity index (χ1n) is 6.65. The molecule has 2 rings (SSSR count). The van der Waals surface area contributed by atoms with Crippen molar-refractivity contribution in [1.82, 2.24) is 0 Å². The molecule has 0 radical (unpaired) electrons. The Hall–Kier alpha value is -2.61. The van der Waals surface area contributed by atoms with Crippen LogP contribution in [0.3, 0.4) is 0 Å². The molecule has 0 saturated carbocycles. The molecular weight excluding hydrogens is 313 g/mol. The molecule has 0 aliphatic carbocycles. The SMILES string of the molecule is O=[N+]([O-])c1cc(N(c2ccccc2)C(F)(F)F)ccc1CCO. The van der Waals surface area contributed by atoms with E-state index in [2.05, 4.69) is 0 Å². The normalized spacial score (nSPS) is 11.3. The number of hydrogen-bond donors (Lipinski definition) is 1. The van der Waals surface area contributed by atoms with Gasteiger partial charge in [-0.2, -0.15) is 0 Å². The van der Waals surface area contributed by atoms with Crippen LogP contribution in [0.15, 0.2) is 48.5 Å². The van der Waals surface area contributed by atoms with Crippen LogP contribution in [0.4, 0.5) is 30.2 Å². The van der Waals surface area contributed by atoms with E-state index in [1.807, 2.05) is 0 Å². The summed E-state index contributed by atoms with van der Waals surface area (Å²) < 4.78 is 40.2. The Bertz CT molecular complexity index is 690. The number of nitrogens with zero attached hydrogens (tertiary/aromatic N) is 2. The average Bonchev–Trinajstić information content (AvgIpc) is 2.48. The molecule has 0 fully saturated rings. The lowest BCUT2D eigenvalue weighted by Crippen LogP contribution is -2.33. The van der Waals surface area contributed by atoms with E-state index in [1.54, 1.807) is 6.07 Å². The first kappa shape index (κ1) is 16.8. The smallest absolute Gasteiger partial charge is 0.396 e. The molecule has 0 bridgehead atoms. The largest absolute Gasteiger partial charge is 0.489 e. The third-order valence-electron chi connectivity index (χ3n) is 3.17. The van der Waals surface area contributed by atoms with Gasteiger partial charge in [-0.05, 0) is 18.2 Å². The molecule has 1 N–H and O–H groups in total. The number of alkyl halides is 3. The summed E-state index contributed by atoms with van der Waals surface area (Å²) in [6, 6.07) is 10.2. The maximum atomic E-state index is 13.4. The lowest BCUT2D eigenvalue weighted by Gasteiger charge is -2.27. The zero-order valence-electron chi connectivity index (χ0n) is 11.8. The molecule has 0 aliphatic heterocycles. The molecule has 0 atom stereocenters. The molecule has 0 unspecified atom stereocenters. The van der Waals surface area contributed by atoms with E-state index >= 15 is 0 Å². The second-order valence-corrected chi connectivity index (χ2v) is 4.68. The van der Waals surface area contributed by atoms with E-state index in [9.17, 15) is 23.3 Å². The van der Waals surface area contributed by atoms with E-state index in [1.165, 1.54) is 30.3 Å². The Morgan fingerprint density at radius 3 is 2.26 bits per heavy atom. The highest BCUT2D eigenvalue weighted by Gasteiger charge is 2.39. The van der Waals surface area contributed by atoms with Gasteiger partial charge in [-0.3, -0.25) is 15.0 Å². The van der Waals surface area contributed by atoms with Gasteiger partial charge in [0.15, 0.2) is 0 Å². The molecule has 122 valence electrons. The monoisotopic (exact) mass is 326 g/mol. The van der Waals surface area contributed by atoms with Crippen molar-refractivity contribution in [3.8, 4) is 0 Å². The summed E-state index contributed by atoms with van der Waals surface area (Å²) >= 11 is 0. The van der Waals surface area contributed by atoms with Crippen LogP contribution in [-0.4, -0.2) is 22.9 Å². The van der Waals surface area contributed by atoms with Crippen LogP contribution in [0.1, 0.15) is 5.56 Å². The lowest BCUT2D eigenvalue weighted by atomic mass is 10.1. The van der Waals surface area contributed by atoms with Crippen molar-refractivity contribution in [2.75, 3.05) is 11.5 Å². The van der Waals surface area contributed by atoms with Crippen LogP contribution < -0.4 is 4.90 Å². The van der Waals surface area contributed by atoms with Gasteiger partial charge in [0.05, 0.1) is 10.6 Å². The highest BCUT2D eigenvalue weighted by atomic mass is 19.4. The zero-order chi connectivity index (χ0) is 17.0. The van der Waals surface area contributed by atoms with Crippen molar-refractivity contribution < 1.29 is 23.2 Å². The first-order valence-corrected chi connectivity index (χ1v) is 6.65. The number of nitro groups is 1. The summed E-state index contributed by atoms with van der Waals surface area (Å²) in [6.07, 6.45) is -4.75. The Morgan fingerprint density at radius 1 is 1.09 bits per heavy atom. The fraction of sp³-hybridized carbons (Fsp3) is 0.200. The summed E-state index contributed by atoms with van der Waals surface area (Å²) in [5.41, 5.74) is -0.792. The molecule has 2 aromatic rings. The second-order valence-electron chi connectivity index (χ2n) is 4.68. The summed E-state index contributed by atoms with van der Waals surface area (Å²) in [6.45, 7) is -0.331. The minimum Gasteiger partial charge on any atom is -0.396 e. The molecule has 0 heterocycles. The number of benzene rings is 2. The van der Waals surface area contributed by atoms with Crippen LogP contribution in [-0.2, 0) is 6.42 Å². The van der Waals surface area contributed by atoms with Crippen LogP contribution >= 0.6 is 0 Å². The van der Waals surface area contributed by atoms with Gasteiger partial charge >= 0.3 is 6.30 Å². The second kappa shape index (κ2) is 6.66. The molecule has 0 saturated heterocycles. The van der Waals surface area contributed by atoms with Crippen molar-refractivity contribution in [1.29, 1.82) is 0 Å². The molecule has 2 aromatic carbocycles. The van der Waals surface area contributed by atoms with Gasteiger partial charge in [0.2, 0.25) is 0 Å². The standard InChI is InChI=1S/C15H13F3N2O3/c16-15(17,18)19(12-4-2-1-3-5-12)13-7-6-11(8-9-21)14(10-13)20(22)23/h1-7,10,21H,8-9H2. The Morgan fingerprint density at radius 2 is 1.74 bits per heavy atom. The van der Waals surface area contributed by atoms with Crippen molar-refractivity contribution >= 4 is 17.1 Å². The van der Waals surface area contributed by atoms with Crippen molar-refractivity contribution in [2.24, 2.45) is 0 Å². The van der Waals surface area contributed by atoms with Gasteiger partial charge in [0.25, 0.3) is 5.69 Å². The van der Waals surface area contributed by atoms with E-state index in [4.69, 9.17) is 5.11 Å². The van der Waals surface area contributed by atoms with Gasteiger partial charge in [-0.15, -0.1) is 13.2 Å². The predicted molar refractivity (Wildman–Crippen MR) is 78.5 cm³/mol. The molecule has 8 heteroatoms. The number of rotatable bonds is 5. The molecular formula is C15H13F3N2O3. The quantitative estimate of drug-likeness (QED) is 0.516. The third kappa shape index (κ3) is 3.78. The first-order chi connectivity index (χ1) is 10.8. The zero-order valence-corrected chi connectivity index (χ0v) is 11.8. The van der Waals surface area contributed by atoms with Gasteiger partial charge in [0.1, 0.15) is 0 Å². The van der Waals surface area contributed by atoms with Crippen molar-refractivity contribution in [2.45, 2.75) is 12.7 Å². The van der Waals surface area contributed by atoms with Crippen LogP contribution in [0.2, 0.25) is 0 Å². The average molecular weight is 326 g/mol. The summed E-state index contributed by atoms with van der Waals surface area (Å²) in [5, 5.41) is 20.0. The Labute approximate surface area is 129 Å². The van der Waals surface area contributed by atoms with E-state index in [-0.39, 0.29) is 34.9 Å². The number of halogens is 3. The number of para-hydroxylation sites is 1. The third-order valence-corrected chi connectivity index (χ3v) is 3.17. The van der Waals surface area contributed by atoms with Crippen molar-refractivity contribution in [3.63, 3.8) is 0 Å². The Balaban J connectivity index is 2.56. The summed E-state index contributed by atoms with van der Waals surface area (Å²) in [7, 11) is 0. The van der Waals surface area contributed by atoms with Crippen LogP contribution in [0, 0.1) is 10.1 Å². The predicted octanol–water partition coefficient (Wildman–Crippen LogP) is 3.79. The molecule has 0 aromatic heterocycles. The van der Waals surface area contributed by atoms with Gasteiger partial charge in [-0.1, -0.05) is 24.3 Å². The highest BCUT2D eigenvalue weighted by Crippen LogP contribution is 2.38. The summed E-state index contributed by atoms with van der Waals surface area (Å²) in [5.74, 6) is 0. The summed E-state index contributed by atoms with van der Waals surface area (Å²) in [4.78, 5) is 10.4. The molecule has 5 nitrogen and oxygen atoms in total. The van der Waals surface area contributed by atoms with Gasteiger partial charge in [0, 0.05) is 30.3 Å². The number of hydrogen-bond acceptors (Lipinski definition) is 4. The van der Waals surface area contributed by atoms with E-state index in [0.717, 1.165) is 12.1 Å². The number of aliphatic hydroxyl groups is 1. The topological polar surface area (TPSA) is 66.6 Å². The maximum absolute atomic E-state index is 13.4. The molecule has 0 spiro atoms. The fourth-order valence-corrected chi connectivity index (χ4v) is 2.21. The van der Waals surface area contributed by atoms with Gasteiger partial charge in [-0.25, -0.2) is 0 Å². The minimum absolute atomic E-state index is 0.00600. The van der Waals surface area contributed by atoms with E-state index in [0.29, 0.717) is 0 Å². The van der Waals surface area contributed by atoms with E-state index < -0.39 is 16.9 Å². The number of aliphatic hydroxyl groups excluding tert-OH is 1. The number of anilines is 2. The molecule has 23 heavy (non-hydrogen) atoms. The maximum Gasteiger partial charge on any atom is 0.489 e. The van der Waals surface area contributed by atoms with Crippen molar-refractivity contribution in [3.05, 3.63) is 64.2 Å². The van der Waals surface area contributed by atoms with Crippen LogP contribution in [0.25, 0.3) is 0 Å². The highest BCUT2D eigenvalue weighted by molar-refractivity contribution is 5.67. The van der Waals surface area contributed by atoms with Gasteiger partial charge < -0.3 is 5.11 Å². The minimum atomic E-state index is -4.74.